The topological polar surface area (TPSA) is 105 Å². The number of aliphatic carboxylic acids is 1. The summed E-state index contributed by atoms with van der Waals surface area (Å²) in [6.07, 6.45) is -0.831. The van der Waals surface area contributed by atoms with E-state index in [-0.39, 0.29) is 19.8 Å². The Bertz CT molecular complexity index is 332. The summed E-state index contributed by atoms with van der Waals surface area (Å²) in [5, 5.41) is 11.0. The first kappa shape index (κ1) is 14.4. The number of hydrogen-bond donors (Lipinski definition) is 2. The number of rotatable bonds is 4. The van der Waals surface area contributed by atoms with E-state index in [2.05, 4.69) is 4.74 Å². The second kappa shape index (κ2) is 6.92. The number of imide groups is 1. The summed E-state index contributed by atoms with van der Waals surface area (Å²) in [5.74, 6) is -1.65. The molecule has 2 amide bonds. The highest BCUT2D eigenvalue weighted by Gasteiger charge is 2.30. The van der Waals surface area contributed by atoms with Crippen molar-refractivity contribution in [1.29, 1.82) is 0 Å². The molecule has 8 nitrogen and oxygen atoms in total. The molecule has 0 saturated carbocycles. The van der Waals surface area contributed by atoms with Gasteiger partial charge in [0.2, 0.25) is 5.91 Å². The number of carboxylic acid groups (broad SMARTS) is 1. The summed E-state index contributed by atoms with van der Waals surface area (Å²) in [6, 6.07) is -0.869. The molecule has 1 heterocycles. The van der Waals surface area contributed by atoms with Gasteiger partial charge in [-0.2, -0.15) is 0 Å². The molecule has 0 aliphatic carbocycles. The lowest BCUT2D eigenvalue weighted by atomic mass is 10.2. The summed E-state index contributed by atoms with van der Waals surface area (Å²) in [7, 11) is 0. The molecule has 0 bridgehead atoms. The van der Waals surface area contributed by atoms with Crippen LogP contribution in [0.1, 0.15) is 6.92 Å². The largest absolute Gasteiger partial charge is 0.480 e. The highest BCUT2D eigenvalue weighted by atomic mass is 16.5. The van der Waals surface area contributed by atoms with Crippen molar-refractivity contribution in [3.8, 4) is 0 Å². The second-order valence-corrected chi connectivity index (χ2v) is 3.67. The number of morpholine rings is 1. The molecule has 1 atom stereocenters. The predicted octanol–water partition coefficient (Wildman–Crippen LogP) is -0.955. The number of nitrogens with one attached hydrogen (secondary N) is 1. The molecule has 1 unspecified atom stereocenters. The fourth-order valence-corrected chi connectivity index (χ4v) is 1.56. The van der Waals surface area contributed by atoms with Crippen molar-refractivity contribution in [2.24, 2.45) is 0 Å². The van der Waals surface area contributed by atoms with Crippen molar-refractivity contribution in [3.05, 3.63) is 0 Å². The molecule has 0 aromatic carbocycles. The lowest BCUT2D eigenvalue weighted by Gasteiger charge is -2.31. The van der Waals surface area contributed by atoms with Crippen molar-refractivity contribution in [2.75, 3.05) is 32.9 Å². The molecule has 1 saturated heterocycles. The number of nitrogens with zero attached hydrogens (tertiary/aromatic N) is 1. The first-order chi connectivity index (χ1) is 8.54. The van der Waals surface area contributed by atoms with E-state index in [1.807, 2.05) is 5.32 Å². The predicted molar refractivity (Wildman–Crippen MR) is 59.0 cm³/mol. The van der Waals surface area contributed by atoms with Gasteiger partial charge in [0, 0.05) is 6.54 Å². The molecular weight excluding hydrogens is 244 g/mol. The van der Waals surface area contributed by atoms with Gasteiger partial charge in [-0.25, -0.2) is 4.79 Å². The molecule has 8 heteroatoms. The van der Waals surface area contributed by atoms with Gasteiger partial charge in [-0.05, 0) is 6.92 Å². The Kier molecular flexibility index (Phi) is 5.53. The highest BCUT2D eigenvalue weighted by molar-refractivity contribution is 5.93. The molecule has 0 radical (unpaired) electrons. The van der Waals surface area contributed by atoms with Gasteiger partial charge in [0.15, 0.2) is 0 Å². The Balaban J connectivity index is 2.46. The molecular formula is C10H16N2O6. The third-order valence-corrected chi connectivity index (χ3v) is 2.39. The standard InChI is InChI=1S/C10H16N2O6/c1-2-18-10(16)11-8(13)5-12-3-4-17-6-7(12)9(14)15/h7H,2-6H2,1H3,(H,14,15)(H,11,13,16). The maximum atomic E-state index is 11.5. The van der Waals surface area contributed by atoms with Gasteiger partial charge in [-0.1, -0.05) is 0 Å². The van der Waals surface area contributed by atoms with Gasteiger partial charge in [0.05, 0.1) is 26.4 Å². The molecule has 18 heavy (non-hydrogen) atoms. The van der Waals surface area contributed by atoms with Crippen LogP contribution in [0.5, 0.6) is 0 Å². The van der Waals surface area contributed by atoms with Crippen LogP contribution < -0.4 is 5.32 Å². The van der Waals surface area contributed by atoms with Crippen LogP contribution >= 0.6 is 0 Å². The van der Waals surface area contributed by atoms with Crippen LogP contribution in [0, 0.1) is 0 Å². The van der Waals surface area contributed by atoms with E-state index in [9.17, 15) is 14.4 Å². The average Bonchev–Trinajstić information content (AvgIpc) is 2.29. The zero-order chi connectivity index (χ0) is 13.5. The fourth-order valence-electron chi connectivity index (χ4n) is 1.56. The molecule has 0 spiro atoms. The van der Waals surface area contributed by atoms with Crippen LogP contribution in [0.15, 0.2) is 0 Å². The lowest BCUT2D eigenvalue weighted by Crippen LogP contribution is -2.53. The van der Waals surface area contributed by atoms with Gasteiger partial charge < -0.3 is 14.6 Å². The minimum absolute atomic E-state index is 0.0298. The Hall–Kier alpha value is -1.67. The van der Waals surface area contributed by atoms with E-state index >= 15 is 0 Å². The summed E-state index contributed by atoms with van der Waals surface area (Å²) in [5.41, 5.74) is 0. The van der Waals surface area contributed by atoms with E-state index in [0.29, 0.717) is 13.2 Å². The Morgan fingerprint density at radius 1 is 1.50 bits per heavy atom. The molecule has 2 N–H and O–H groups in total. The summed E-state index contributed by atoms with van der Waals surface area (Å²) in [4.78, 5) is 34.8. The Morgan fingerprint density at radius 3 is 2.83 bits per heavy atom. The number of hydrogen-bond acceptors (Lipinski definition) is 6. The first-order valence-corrected chi connectivity index (χ1v) is 5.55. The van der Waals surface area contributed by atoms with Crippen LogP contribution in [0.4, 0.5) is 4.79 Å². The fraction of sp³-hybridized carbons (Fsp3) is 0.700. The van der Waals surface area contributed by atoms with Gasteiger partial charge in [0.25, 0.3) is 0 Å². The van der Waals surface area contributed by atoms with E-state index in [4.69, 9.17) is 9.84 Å². The summed E-state index contributed by atoms with van der Waals surface area (Å²) < 4.78 is 9.57. The van der Waals surface area contributed by atoms with Gasteiger partial charge in [-0.15, -0.1) is 0 Å². The van der Waals surface area contributed by atoms with Gasteiger partial charge >= 0.3 is 12.1 Å². The van der Waals surface area contributed by atoms with E-state index in [0.717, 1.165) is 0 Å². The summed E-state index contributed by atoms with van der Waals surface area (Å²) in [6.45, 7) is 2.31. The van der Waals surface area contributed by atoms with Gasteiger partial charge in [-0.3, -0.25) is 19.8 Å². The molecule has 1 aliphatic heterocycles. The highest BCUT2D eigenvalue weighted by Crippen LogP contribution is 2.06. The molecule has 1 aliphatic rings. The average molecular weight is 260 g/mol. The zero-order valence-corrected chi connectivity index (χ0v) is 10.0. The lowest BCUT2D eigenvalue weighted by molar-refractivity contribution is -0.150. The molecule has 0 aromatic heterocycles. The minimum atomic E-state index is -1.06. The van der Waals surface area contributed by atoms with Crippen LogP contribution in [0.25, 0.3) is 0 Å². The number of carbonyl (C=O) groups is 3. The molecule has 1 fully saturated rings. The Morgan fingerprint density at radius 2 is 2.22 bits per heavy atom. The number of amides is 2. The molecule has 0 aromatic rings. The third-order valence-electron chi connectivity index (χ3n) is 2.39. The minimum Gasteiger partial charge on any atom is -0.480 e. The van der Waals surface area contributed by atoms with Crippen molar-refractivity contribution in [3.63, 3.8) is 0 Å². The first-order valence-electron chi connectivity index (χ1n) is 5.55. The smallest absolute Gasteiger partial charge is 0.413 e. The number of carbonyl (C=O) groups excluding carboxylic acids is 2. The van der Waals surface area contributed by atoms with Gasteiger partial charge in [0.1, 0.15) is 6.04 Å². The Labute approximate surface area is 104 Å². The van der Waals surface area contributed by atoms with Crippen LogP contribution in [-0.2, 0) is 19.1 Å². The quantitative estimate of drug-likeness (QED) is 0.671. The second-order valence-electron chi connectivity index (χ2n) is 3.67. The van der Waals surface area contributed by atoms with Crippen LogP contribution in [-0.4, -0.2) is 66.9 Å². The maximum Gasteiger partial charge on any atom is 0.413 e. The summed E-state index contributed by atoms with van der Waals surface area (Å²) >= 11 is 0. The molecule has 1 rings (SSSR count). The van der Waals surface area contributed by atoms with E-state index in [1.54, 1.807) is 6.92 Å². The van der Waals surface area contributed by atoms with Crippen LogP contribution in [0.2, 0.25) is 0 Å². The number of ether oxygens (including phenoxy) is 2. The van der Waals surface area contributed by atoms with Crippen LogP contribution in [0.3, 0.4) is 0 Å². The van der Waals surface area contributed by atoms with Crippen molar-refractivity contribution >= 4 is 18.0 Å². The van der Waals surface area contributed by atoms with Crippen molar-refractivity contribution < 1.29 is 29.0 Å². The van der Waals surface area contributed by atoms with Crippen molar-refractivity contribution in [2.45, 2.75) is 13.0 Å². The van der Waals surface area contributed by atoms with Crippen molar-refractivity contribution in [1.82, 2.24) is 10.2 Å². The molecule has 102 valence electrons. The van der Waals surface area contributed by atoms with E-state index < -0.39 is 24.0 Å². The monoisotopic (exact) mass is 260 g/mol. The number of carboxylic acids is 1. The SMILES string of the molecule is CCOC(=O)NC(=O)CN1CCOCC1C(=O)O. The maximum absolute atomic E-state index is 11.5. The normalized spacial score (nSPS) is 20.2. The zero-order valence-electron chi connectivity index (χ0n) is 10.0. The third kappa shape index (κ3) is 4.30. The number of alkyl carbamates (subject to hydrolysis) is 1. The van der Waals surface area contributed by atoms with E-state index in [1.165, 1.54) is 4.90 Å².